The predicted octanol–water partition coefficient (Wildman–Crippen LogP) is 2.26. The van der Waals surface area contributed by atoms with Crippen LogP contribution in [0.4, 0.5) is 0 Å². The zero-order valence-corrected chi connectivity index (χ0v) is 19.3. The first-order chi connectivity index (χ1) is 12.6. The van der Waals surface area contributed by atoms with Crippen LogP contribution in [0.5, 0.6) is 5.88 Å². The van der Waals surface area contributed by atoms with Gasteiger partial charge in [0.1, 0.15) is 0 Å². The molecule has 7 nitrogen and oxygen atoms in total. The monoisotopic (exact) mass is 491 g/mol. The third-order valence-corrected chi connectivity index (χ3v) is 4.52. The topological polar surface area (TPSA) is 71.0 Å². The molecule has 0 radical (unpaired) electrons. The molecule has 0 saturated carbocycles. The fourth-order valence-electron chi connectivity index (χ4n) is 2.87. The summed E-state index contributed by atoms with van der Waals surface area (Å²) in [6.07, 6.45) is 2.72. The van der Waals surface area contributed by atoms with Crippen LogP contribution >= 0.6 is 24.0 Å². The average Bonchev–Trinajstić information content (AvgIpc) is 2.68. The summed E-state index contributed by atoms with van der Waals surface area (Å²) in [4.78, 5) is 11.1. The van der Waals surface area contributed by atoms with E-state index in [-0.39, 0.29) is 29.5 Å². The van der Waals surface area contributed by atoms with Gasteiger partial charge < -0.3 is 20.1 Å². The van der Waals surface area contributed by atoms with E-state index in [9.17, 15) is 0 Å². The lowest BCUT2D eigenvalue weighted by Gasteiger charge is -2.41. The normalized spacial score (nSPS) is 15.8. The van der Waals surface area contributed by atoms with Crippen molar-refractivity contribution in [3.63, 3.8) is 0 Å². The number of hydrogen-bond donors (Lipinski definition) is 2. The maximum atomic E-state index is 5.72. The number of pyridine rings is 1. The van der Waals surface area contributed by atoms with Crippen molar-refractivity contribution in [1.29, 1.82) is 0 Å². The van der Waals surface area contributed by atoms with Gasteiger partial charge in [0.05, 0.1) is 19.8 Å². The van der Waals surface area contributed by atoms with Gasteiger partial charge in [0, 0.05) is 50.5 Å². The predicted molar refractivity (Wildman–Crippen MR) is 120 cm³/mol. The second-order valence-corrected chi connectivity index (χ2v) is 7.01. The summed E-state index contributed by atoms with van der Waals surface area (Å²) in [5.74, 6) is 1.46. The van der Waals surface area contributed by atoms with Gasteiger partial charge in [0.2, 0.25) is 5.88 Å². The van der Waals surface area contributed by atoms with Crippen molar-refractivity contribution in [2.75, 3.05) is 46.5 Å². The SMILES string of the molecule is CCCOc1ncccc1CNC(=NC)NCC(C)(C)N1CCOCC1.I. The summed E-state index contributed by atoms with van der Waals surface area (Å²) in [5, 5.41) is 6.79. The molecule has 1 aromatic heterocycles. The Balaban J connectivity index is 0.00000364. The fraction of sp³-hybridized carbons (Fsp3) is 0.684. The lowest BCUT2D eigenvalue weighted by molar-refractivity contribution is -0.00834. The summed E-state index contributed by atoms with van der Waals surface area (Å²) in [6, 6.07) is 3.95. The molecule has 0 aliphatic carbocycles. The molecule has 2 rings (SSSR count). The van der Waals surface area contributed by atoms with Gasteiger partial charge in [0.25, 0.3) is 0 Å². The number of aliphatic imine (C=N–C) groups is 1. The summed E-state index contributed by atoms with van der Waals surface area (Å²) < 4.78 is 11.2. The van der Waals surface area contributed by atoms with E-state index in [1.54, 1.807) is 13.2 Å². The van der Waals surface area contributed by atoms with E-state index in [1.165, 1.54) is 0 Å². The number of guanidine groups is 1. The van der Waals surface area contributed by atoms with Crippen LogP contribution in [-0.2, 0) is 11.3 Å². The largest absolute Gasteiger partial charge is 0.477 e. The molecule has 0 bridgehead atoms. The Morgan fingerprint density at radius 2 is 2.07 bits per heavy atom. The maximum absolute atomic E-state index is 5.72. The highest BCUT2D eigenvalue weighted by Gasteiger charge is 2.28. The lowest BCUT2D eigenvalue weighted by atomic mass is 10.0. The molecule has 0 spiro atoms. The van der Waals surface area contributed by atoms with E-state index in [2.05, 4.69) is 46.3 Å². The Kier molecular flexibility index (Phi) is 10.9. The minimum absolute atomic E-state index is 0. The van der Waals surface area contributed by atoms with Crippen LogP contribution in [0.25, 0.3) is 0 Å². The number of nitrogens with zero attached hydrogens (tertiary/aromatic N) is 3. The Morgan fingerprint density at radius 3 is 2.74 bits per heavy atom. The van der Waals surface area contributed by atoms with Gasteiger partial charge in [-0.25, -0.2) is 4.98 Å². The van der Waals surface area contributed by atoms with Crippen LogP contribution in [0.3, 0.4) is 0 Å². The smallest absolute Gasteiger partial charge is 0.218 e. The van der Waals surface area contributed by atoms with Crippen molar-refractivity contribution >= 4 is 29.9 Å². The molecule has 1 aliphatic rings. The van der Waals surface area contributed by atoms with Gasteiger partial charge in [-0.1, -0.05) is 13.0 Å². The van der Waals surface area contributed by atoms with E-state index in [0.717, 1.165) is 50.8 Å². The number of morpholine rings is 1. The molecule has 27 heavy (non-hydrogen) atoms. The van der Waals surface area contributed by atoms with Crippen LogP contribution in [0.15, 0.2) is 23.3 Å². The van der Waals surface area contributed by atoms with Gasteiger partial charge in [-0.3, -0.25) is 9.89 Å². The Labute approximate surface area is 180 Å². The van der Waals surface area contributed by atoms with Gasteiger partial charge >= 0.3 is 0 Å². The Morgan fingerprint density at radius 1 is 1.33 bits per heavy atom. The number of nitrogens with one attached hydrogen (secondary N) is 2. The number of ether oxygens (including phenoxy) is 2. The number of halogens is 1. The zero-order chi connectivity index (χ0) is 18.8. The standard InChI is InChI=1S/C19H33N5O2.HI/c1-5-11-26-17-16(7-6-8-21-17)14-22-18(20-4)23-15-19(2,3)24-9-12-25-13-10-24;/h6-8H,5,9-15H2,1-4H3,(H2,20,22,23);1H. The molecule has 1 aliphatic heterocycles. The quantitative estimate of drug-likeness (QED) is 0.331. The lowest BCUT2D eigenvalue weighted by Crippen LogP contribution is -2.56. The second kappa shape index (κ2) is 12.4. The third kappa shape index (κ3) is 7.79. The van der Waals surface area contributed by atoms with Crippen LogP contribution in [-0.4, -0.2) is 67.9 Å². The molecular formula is C19H34IN5O2. The molecule has 1 fully saturated rings. The minimum Gasteiger partial charge on any atom is -0.477 e. The Bertz CT molecular complexity index is 577. The van der Waals surface area contributed by atoms with Crippen LogP contribution in [0.2, 0.25) is 0 Å². The highest BCUT2D eigenvalue weighted by Crippen LogP contribution is 2.16. The number of aromatic nitrogens is 1. The molecule has 2 heterocycles. The molecular weight excluding hydrogens is 457 g/mol. The van der Waals surface area contributed by atoms with Gasteiger partial charge in [-0.05, 0) is 26.3 Å². The highest BCUT2D eigenvalue weighted by atomic mass is 127. The van der Waals surface area contributed by atoms with Crippen molar-refractivity contribution < 1.29 is 9.47 Å². The molecule has 0 atom stereocenters. The number of hydrogen-bond acceptors (Lipinski definition) is 5. The minimum atomic E-state index is 0. The highest BCUT2D eigenvalue weighted by molar-refractivity contribution is 14.0. The van der Waals surface area contributed by atoms with E-state index in [4.69, 9.17) is 9.47 Å². The summed E-state index contributed by atoms with van der Waals surface area (Å²) in [6.45, 7) is 12.2. The van der Waals surface area contributed by atoms with Gasteiger partial charge in [0.15, 0.2) is 5.96 Å². The van der Waals surface area contributed by atoms with Crippen LogP contribution in [0, 0.1) is 0 Å². The summed E-state index contributed by atoms with van der Waals surface area (Å²) >= 11 is 0. The van der Waals surface area contributed by atoms with Crippen molar-refractivity contribution in [3.05, 3.63) is 23.9 Å². The molecule has 8 heteroatoms. The van der Waals surface area contributed by atoms with E-state index >= 15 is 0 Å². The van der Waals surface area contributed by atoms with Crippen molar-refractivity contribution in [3.8, 4) is 5.88 Å². The molecule has 0 amide bonds. The number of rotatable bonds is 8. The van der Waals surface area contributed by atoms with Crippen molar-refractivity contribution in [1.82, 2.24) is 20.5 Å². The van der Waals surface area contributed by atoms with E-state index in [0.29, 0.717) is 19.0 Å². The zero-order valence-electron chi connectivity index (χ0n) is 17.0. The second-order valence-electron chi connectivity index (χ2n) is 7.01. The van der Waals surface area contributed by atoms with E-state index in [1.807, 2.05) is 12.1 Å². The van der Waals surface area contributed by atoms with E-state index < -0.39 is 0 Å². The molecule has 2 N–H and O–H groups in total. The fourth-order valence-corrected chi connectivity index (χ4v) is 2.87. The first-order valence-corrected chi connectivity index (χ1v) is 9.41. The first-order valence-electron chi connectivity index (χ1n) is 9.41. The van der Waals surface area contributed by atoms with Gasteiger partial charge in [-0.15, -0.1) is 24.0 Å². The molecule has 0 aromatic carbocycles. The third-order valence-electron chi connectivity index (χ3n) is 4.52. The maximum Gasteiger partial charge on any atom is 0.218 e. The molecule has 0 unspecified atom stereocenters. The molecule has 154 valence electrons. The average molecular weight is 491 g/mol. The van der Waals surface area contributed by atoms with Gasteiger partial charge in [-0.2, -0.15) is 0 Å². The van der Waals surface area contributed by atoms with Crippen molar-refractivity contribution in [2.24, 2.45) is 4.99 Å². The van der Waals surface area contributed by atoms with Crippen molar-refractivity contribution in [2.45, 2.75) is 39.3 Å². The molecule has 1 saturated heterocycles. The summed E-state index contributed by atoms with van der Waals surface area (Å²) in [7, 11) is 1.79. The van der Waals surface area contributed by atoms with Crippen LogP contribution < -0.4 is 15.4 Å². The van der Waals surface area contributed by atoms with Crippen LogP contribution in [0.1, 0.15) is 32.8 Å². The first kappa shape index (κ1) is 23.9. The molecule has 1 aromatic rings. The Hall–Kier alpha value is -1.13. The summed E-state index contributed by atoms with van der Waals surface area (Å²) in [5.41, 5.74) is 1.06.